The van der Waals surface area contributed by atoms with Gasteiger partial charge in [0, 0.05) is 24.0 Å². The normalized spacial score (nSPS) is 10.7. The van der Waals surface area contributed by atoms with Crippen molar-refractivity contribution in [2.75, 3.05) is 5.32 Å². The molecular weight excluding hydrogens is 328 g/mol. The van der Waals surface area contributed by atoms with Crippen LogP contribution in [0.15, 0.2) is 42.5 Å². The van der Waals surface area contributed by atoms with Crippen LogP contribution in [-0.4, -0.2) is 22.0 Å². The maximum absolute atomic E-state index is 12.5. The van der Waals surface area contributed by atoms with Crippen LogP contribution in [-0.2, 0) is 11.3 Å². The molecule has 0 radical (unpaired) electrons. The molecule has 2 aromatic carbocycles. The fourth-order valence-electron chi connectivity index (χ4n) is 2.78. The third kappa shape index (κ3) is 4.08. The molecule has 26 heavy (non-hydrogen) atoms. The first-order valence-electron chi connectivity index (χ1n) is 8.68. The van der Waals surface area contributed by atoms with Crippen molar-refractivity contribution in [1.82, 2.24) is 15.5 Å². The number of aromatic amines is 1. The maximum atomic E-state index is 12.5. The summed E-state index contributed by atoms with van der Waals surface area (Å²) in [6.07, 6.45) is 1.30. The molecule has 0 atom stereocenters. The average molecular weight is 350 g/mol. The first-order chi connectivity index (χ1) is 12.6. The second-order valence-electron chi connectivity index (χ2n) is 6.30. The fourth-order valence-corrected chi connectivity index (χ4v) is 2.78. The zero-order chi connectivity index (χ0) is 18.5. The van der Waals surface area contributed by atoms with E-state index in [4.69, 9.17) is 0 Å². The number of aryl methyl sites for hydroxylation is 1. The SMILES string of the molecule is CCCC(=O)Nc1cccc(CNC(=O)c2n[nH]c3ccc(C)cc23)c1. The monoisotopic (exact) mass is 350 g/mol. The minimum absolute atomic E-state index is 0.00736. The number of hydrogen-bond acceptors (Lipinski definition) is 3. The summed E-state index contributed by atoms with van der Waals surface area (Å²) in [4.78, 5) is 24.2. The van der Waals surface area contributed by atoms with Crippen LogP contribution >= 0.6 is 0 Å². The molecule has 0 unspecified atom stereocenters. The summed E-state index contributed by atoms with van der Waals surface area (Å²) in [5.74, 6) is -0.241. The van der Waals surface area contributed by atoms with E-state index in [2.05, 4.69) is 20.8 Å². The Morgan fingerprint density at radius 1 is 1.15 bits per heavy atom. The van der Waals surface area contributed by atoms with Crippen LogP contribution in [0.3, 0.4) is 0 Å². The van der Waals surface area contributed by atoms with E-state index in [-0.39, 0.29) is 11.8 Å². The summed E-state index contributed by atoms with van der Waals surface area (Å²) in [6, 6.07) is 13.3. The Bertz CT molecular complexity index is 946. The van der Waals surface area contributed by atoms with Gasteiger partial charge in [0.15, 0.2) is 5.69 Å². The van der Waals surface area contributed by atoms with E-state index in [1.807, 2.05) is 56.3 Å². The number of rotatable bonds is 6. The smallest absolute Gasteiger partial charge is 0.272 e. The largest absolute Gasteiger partial charge is 0.347 e. The zero-order valence-corrected chi connectivity index (χ0v) is 14.9. The van der Waals surface area contributed by atoms with Crippen molar-refractivity contribution in [1.29, 1.82) is 0 Å². The van der Waals surface area contributed by atoms with Gasteiger partial charge in [0.1, 0.15) is 0 Å². The van der Waals surface area contributed by atoms with Crippen LogP contribution in [0, 0.1) is 6.92 Å². The predicted molar refractivity (Wildman–Crippen MR) is 102 cm³/mol. The van der Waals surface area contributed by atoms with Crippen LogP contribution in [0.1, 0.15) is 41.4 Å². The Balaban J connectivity index is 1.67. The number of benzene rings is 2. The molecule has 1 aromatic heterocycles. The quantitative estimate of drug-likeness (QED) is 0.635. The molecule has 0 saturated heterocycles. The third-order valence-corrected chi connectivity index (χ3v) is 4.07. The number of anilines is 1. The molecule has 0 saturated carbocycles. The molecule has 0 fully saturated rings. The molecule has 2 amide bonds. The molecule has 0 spiro atoms. The number of nitrogens with zero attached hydrogens (tertiary/aromatic N) is 1. The van der Waals surface area contributed by atoms with Crippen LogP contribution in [0.2, 0.25) is 0 Å². The van der Waals surface area contributed by atoms with Crippen LogP contribution < -0.4 is 10.6 Å². The second-order valence-corrected chi connectivity index (χ2v) is 6.30. The Labute approximate surface area is 152 Å². The minimum atomic E-state index is -0.234. The predicted octanol–water partition coefficient (Wildman–Crippen LogP) is 3.54. The van der Waals surface area contributed by atoms with E-state index in [1.54, 1.807) is 0 Å². The Kier molecular flexibility index (Phi) is 5.31. The van der Waals surface area contributed by atoms with Crippen molar-refractivity contribution >= 4 is 28.4 Å². The van der Waals surface area contributed by atoms with Crippen molar-refractivity contribution in [3.63, 3.8) is 0 Å². The third-order valence-electron chi connectivity index (χ3n) is 4.07. The standard InChI is InChI=1S/C20H22N4O2/c1-3-5-18(25)22-15-7-4-6-14(11-15)12-21-20(26)19-16-10-13(2)8-9-17(16)23-24-19/h4,6-11H,3,5,12H2,1-2H3,(H,21,26)(H,22,25)(H,23,24). The van der Waals surface area contributed by atoms with Gasteiger partial charge in [0.25, 0.3) is 5.91 Å². The molecule has 6 nitrogen and oxygen atoms in total. The topological polar surface area (TPSA) is 86.9 Å². The lowest BCUT2D eigenvalue weighted by atomic mass is 10.1. The molecule has 0 aliphatic heterocycles. The summed E-state index contributed by atoms with van der Waals surface area (Å²) >= 11 is 0. The number of fused-ring (bicyclic) bond motifs is 1. The van der Waals surface area contributed by atoms with Gasteiger partial charge in [-0.15, -0.1) is 0 Å². The first-order valence-corrected chi connectivity index (χ1v) is 8.68. The lowest BCUT2D eigenvalue weighted by Crippen LogP contribution is -2.23. The number of carbonyl (C=O) groups excluding carboxylic acids is 2. The van der Waals surface area contributed by atoms with E-state index in [9.17, 15) is 9.59 Å². The van der Waals surface area contributed by atoms with E-state index in [0.29, 0.717) is 18.7 Å². The molecular formula is C20H22N4O2. The van der Waals surface area contributed by atoms with Crippen molar-refractivity contribution in [3.8, 4) is 0 Å². The van der Waals surface area contributed by atoms with Gasteiger partial charge < -0.3 is 10.6 Å². The lowest BCUT2D eigenvalue weighted by molar-refractivity contribution is -0.116. The molecule has 3 aromatic rings. The highest BCUT2D eigenvalue weighted by molar-refractivity contribution is 6.04. The van der Waals surface area contributed by atoms with Crippen molar-refractivity contribution in [2.45, 2.75) is 33.2 Å². The number of nitrogens with one attached hydrogen (secondary N) is 3. The molecule has 1 heterocycles. The number of H-pyrrole nitrogens is 1. The molecule has 134 valence electrons. The van der Waals surface area contributed by atoms with Crippen LogP contribution in [0.25, 0.3) is 10.9 Å². The van der Waals surface area contributed by atoms with Crippen molar-refractivity contribution in [2.24, 2.45) is 0 Å². The summed E-state index contributed by atoms with van der Waals surface area (Å²) in [5.41, 5.74) is 3.93. The average Bonchev–Trinajstić information content (AvgIpc) is 3.03. The van der Waals surface area contributed by atoms with Gasteiger partial charge in [-0.1, -0.05) is 30.7 Å². The van der Waals surface area contributed by atoms with Crippen LogP contribution in [0.5, 0.6) is 0 Å². The number of hydrogen-bond donors (Lipinski definition) is 3. The summed E-state index contributed by atoms with van der Waals surface area (Å²) in [5, 5.41) is 13.6. The van der Waals surface area contributed by atoms with Crippen molar-refractivity contribution < 1.29 is 9.59 Å². The van der Waals surface area contributed by atoms with Gasteiger partial charge >= 0.3 is 0 Å². The minimum Gasteiger partial charge on any atom is -0.347 e. The van der Waals surface area contributed by atoms with E-state index >= 15 is 0 Å². The Morgan fingerprint density at radius 2 is 2.00 bits per heavy atom. The van der Waals surface area contributed by atoms with Gasteiger partial charge in [-0.3, -0.25) is 14.7 Å². The zero-order valence-electron chi connectivity index (χ0n) is 14.9. The summed E-state index contributed by atoms with van der Waals surface area (Å²) < 4.78 is 0. The second kappa shape index (κ2) is 7.82. The Hall–Kier alpha value is -3.15. The van der Waals surface area contributed by atoms with Gasteiger partial charge in [-0.2, -0.15) is 5.10 Å². The molecule has 3 N–H and O–H groups in total. The molecule has 0 aliphatic carbocycles. The summed E-state index contributed by atoms with van der Waals surface area (Å²) in [6.45, 7) is 4.30. The first kappa shape index (κ1) is 17.7. The maximum Gasteiger partial charge on any atom is 0.272 e. The highest BCUT2D eigenvalue weighted by Gasteiger charge is 2.14. The van der Waals surface area contributed by atoms with E-state index in [0.717, 1.165) is 34.1 Å². The molecule has 3 rings (SSSR count). The molecule has 6 heteroatoms. The highest BCUT2D eigenvalue weighted by atomic mass is 16.2. The van der Waals surface area contributed by atoms with Gasteiger partial charge in [0.2, 0.25) is 5.91 Å². The van der Waals surface area contributed by atoms with E-state index in [1.165, 1.54) is 0 Å². The number of aromatic nitrogens is 2. The lowest BCUT2D eigenvalue weighted by Gasteiger charge is -2.08. The highest BCUT2D eigenvalue weighted by Crippen LogP contribution is 2.18. The van der Waals surface area contributed by atoms with Crippen LogP contribution in [0.4, 0.5) is 5.69 Å². The van der Waals surface area contributed by atoms with Gasteiger partial charge in [0.05, 0.1) is 5.52 Å². The van der Waals surface area contributed by atoms with E-state index < -0.39 is 0 Å². The molecule has 0 aliphatic rings. The number of carbonyl (C=O) groups is 2. The Morgan fingerprint density at radius 3 is 2.81 bits per heavy atom. The van der Waals surface area contributed by atoms with Gasteiger partial charge in [-0.05, 0) is 43.2 Å². The van der Waals surface area contributed by atoms with Gasteiger partial charge in [-0.25, -0.2) is 0 Å². The fraction of sp³-hybridized carbons (Fsp3) is 0.250. The molecule has 0 bridgehead atoms. The number of amides is 2. The summed E-state index contributed by atoms with van der Waals surface area (Å²) in [7, 11) is 0. The van der Waals surface area contributed by atoms with Crippen molar-refractivity contribution in [3.05, 3.63) is 59.3 Å².